The smallest absolute Gasteiger partial charge is 0.123 e. The average molecular weight is 253 g/mol. The number of nitrogens with one attached hydrogen (secondary N) is 1. The van der Waals surface area contributed by atoms with Gasteiger partial charge in [-0.1, -0.05) is 48.5 Å². The Balaban J connectivity index is 0.000000186. The highest BCUT2D eigenvalue weighted by molar-refractivity contribution is 5.69. The largest absolute Gasteiger partial charge is 0.507 e. The van der Waals surface area contributed by atoms with E-state index < -0.39 is 0 Å². The summed E-state index contributed by atoms with van der Waals surface area (Å²) in [6.07, 6.45) is 6.93. The van der Waals surface area contributed by atoms with Crippen LogP contribution in [0, 0.1) is 0 Å². The number of phenols is 1. The number of benzene rings is 2. The molecule has 3 rings (SSSR count). The first-order valence-corrected chi connectivity index (χ1v) is 5.94. The number of phenolic OH excluding ortho intramolecular Hbond substituents is 1. The number of hydroxylamine groups is 1. The quantitative estimate of drug-likeness (QED) is 0.815. The molecule has 2 aromatic carbocycles. The molecule has 0 unspecified atom stereocenters. The summed E-state index contributed by atoms with van der Waals surface area (Å²) < 4.78 is 0. The van der Waals surface area contributed by atoms with E-state index in [0.29, 0.717) is 5.75 Å². The summed E-state index contributed by atoms with van der Waals surface area (Å²) >= 11 is 0. The van der Waals surface area contributed by atoms with E-state index in [0.717, 1.165) is 11.1 Å². The lowest BCUT2D eigenvalue weighted by Gasteiger charge is -2.02. The van der Waals surface area contributed by atoms with E-state index in [1.807, 2.05) is 54.6 Å². The Kier molecular flexibility index (Phi) is 4.64. The fourth-order valence-corrected chi connectivity index (χ4v) is 1.59. The van der Waals surface area contributed by atoms with Gasteiger partial charge in [0.25, 0.3) is 0 Å². The molecule has 3 nitrogen and oxygen atoms in total. The summed E-state index contributed by atoms with van der Waals surface area (Å²) in [5, 5.41) is 9.56. The van der Waals surface area contributed by atoms with Crippen molar-refractivity contribution < 1.29 is 9.94 Å². The molecule has 0 fully saturated rings. The van der Waals surface area contributed by atoms with Gasteiger partial charge in [0, 0.05) is 11.8 Å². The van der Waals surface area contributed by atoms with Crippen LogP contribution in [0.2, 0.25) is 0 Å². The van der Waals surface area contributed by atoms with Gasteiger partial charge in [-0.2, -0.15) is 0 Å². The third-order valence-electron chi connectivity index (χ3n) is 2.48. The van der Waals surface area contributed by atoms with Crippen molar-refractivity contribution in [1.29, 1.82) is 0 Å². The SMILES string of the molecule is C1=CNOC=C1.Oc1ccccc1-c1ccccc1. The minimum atomic E-state index is 0.328. The molecule has 1 aliphatic rings. The van der Waals surface area contributed by atoms with Gasteiger partial charge in [0.2, 0.25) is 0 Å². The van der Waals surface area contributed by atoms with Crippen LogP contribution in [0.4, 0.5) is 0 Å². The molecule has 0 spiro atoms. The number of allylic oxidation sites excluding steroid dienone is 2. The topological polar surface area (TPSA) is 41.5 Å². The summed E-state index contributed by atoms with van der Waals surface area (Å²) in [5.74, 6) is 0.328. The maximum Gasteiger partial charge on any atom is 0.123 e. The Morgan fingerprint density at radius 3 is 2.11 bits per heavy atom. The summed E-state index contributed by atoms with van der Waals surface area (Å²) in [6.45, 7) is 0. The van der Waals surface area contributed by atoms with Crippen LogP contribution < -0.4 is 5.48 Å². The molecule has 0 aromatic heterocycles. The Labute approximate surface area is 112 Å². The minimum absolute atomic E-state index is 0.328. The number of aromatic hydroxyl groups is 1. The van der Waals surface area contributed by atoms with Crippen molar-refractivity contribution in [2.24, 2.45) is 0 Å². The van der Waals surface area contributed by atoms with Gasteiger partial charge in [0.15, 0.2) is 0 Å². The van der Waals surface area contributed by atoms with E-state index in [9.17, 15) is 5.11 Å². The molecule has 0 aliphatic carbocycles. The van der Waals surface area contributed by atoms with Crippen molar-refractivity contribution >= 4 is 0 Å². The second-order valence-corrected chi connectivity index (χ2v) is 3.81. The Bertz CT molecular complexity index is 550. The molecular weight excluding hydrogens is 238 g/mol. The molecule has 0 saturated heterocycles. The first kappa shape index (κ1) is 12.8. The fraction of sp³-hybridized carbons (Fsp3) is 0. The first-order chi connectivity index (χ1) is 9.38. The molecular formula is C16H15NO2. The summed E-state index contributed by atoms with van der Waals surface area (Å²) in [5.41, 5.74) is 4.44. The Hall–Kier alpha value is -2.68. The zero-order valence-corrected chi connectivity index (χ0v) is 10.4. The van der Waals surface area contributed by atoms with E-state index in [4.69, 9.17) is 0 Å². The van der Waals surface area contributed by atoms with Gasteiger partial charge in [-0.3, -0.25) is 0 Å². The van der Waals surface area contributed by atoms with Crippen LogP contribution >= 0.6 is 0 Å². The molecule has 2 N–H and O–H groups in total. The van der Waals surface area contributed by atoms with Gasteiger partial charge < -0.3 is 9.94 Å². The average Bonchev–Trinajstić information content (AvgIpc) is 2.51. The molecule has 1 heterocycles. The fourth-order valence-electron chi connectivity index (χ4n) is 1.59. The zero-order chi connectivity index (χ0) is 13.3. The van der Waals surface area contributed by atoms with Crippen LogP contribution in [-0.2, 0) is 4.84 Å². The molecule has 0 radical (unpaired) electrons. The monoisotopic (exact) mass is 253 g/mol. The molecule has 3 heteroatoms. The molecule has 19 heavy (non-hydrogen) atoms. The second-order valence-electron chi connectivity index (χ2n) is 3.81. The second kappa shape index (κ2) is 6.91. The standard InChI is InChI=1S/C12H10O.C4H5NO/c13-12-9-5-4-8-11(12)10-6-2-1-3-7-10;1-2-4-6-5-3-1/h1-9,13H;1-5H. The van der Waals surface area contributed by atoms with Crippen LogP contribution in [0.1, 0.15) is 0 Å². The molecule has 96 valence electrons. The van der Waals surface area contributed by atoms with Crippen molar-refractivity contribution in [1.82, 2.24) is 5.48 Å². The Morgan fingerprint density at radius 2 is 1.58 bits per heavy atom. The zero-order valence-electron chi connectivity index (χ0n) is 10.4. The van der Waals surface area contributed by atoms with Gasteiger partial charge in [0.1, 0.15) is 12.0 Å². The first-order valence-electron chi connectivity index (χ1n) is 5.94. The van der Waals surface area contributed by atoms with Gasteiger partial charge in [-0.25, -0.2) is 5.48 Å². The lowest BCUT2D eigenvalue weighted by atomic mass is 10.1. The maximum atomic E-state index is 9.56. The molecule has 0 atom stereocenters. The van der Waals surface area contributed by atoms with Crippen LogP contribution in [0.3, 0.4) is 0 Å². The van der Waals surface area contributed by atoms with Crippen LogP contribution in [0.5, 0.6) is 5.75 Å². The highest BCUT2D eigenvalue weighted by Gasteiger charge is 2.00. The Morgan fingerprint density at radius 1 is 0.842 bits per heavy atom. The van der Waals surface area contributed by atoms with Crippen molar-refractivity contribution in [3.05, 3.63) is 79.2 Å². The molecule has 2 aromatic rings. The molecule has 0 saturated carbocycles. The molecule has 1 aliphatic heterocycles. The maximum absolute atomic E-state index is 9.56. The van der Waals surface area contributed by atoms with Crippen LogP contribution in [-0.4, -0.2) is 5.11 Å². The number of hydrogen-bond donors (Lipinski definition) is 2. The van der Waals surface area contributed by atoms with Crippen molar-refractivity contribution in [3.63, 3.8) is 0 Å². The van der Waals surface area contributed by atoms with E-state index in [2.05, 4.69) is 10.3 Å². The highest BCUT2D eigenvalue weighted by Crippen LogP contribution is 2.27. The van der Waals surface area contributed by atoms with E-state index in [-0.39, 0.29) is 0 Å². The lowest BCUT2D eigenvalue weighted by Crippen LogP contribution is -2.01. The third-order valence-corrected chi connectivity index (χ3v) is 2.48. The van der Waals surface area contributed by atoms with Crippen LogP contribution in [0.25, 0.3) is 11.1 Å². The predicted molar refractivity (Wildman–Crippen MR) is 76.0 cm³/mol. The molecule has 0 amide bonds. The summed E-state index contributed by atoms with van der Waals surface area (Å²) in [7, 11) is 0. The third kappa shape index (κ3) is 3.92. The van der Waals surface area contributed by atoms with E-state index in [1.54, 1.807) is 24.6 Å². The highest BCUT2D eigenvalue weighted by atomic mass is 16.6. The lowest BCUT2D eigenvalue weighted by molar-refractivity contribution is 0.172. The van der Waals surface area contributed by atoms with Gasteiger partial charge in [-0.05, 0) is 23.8 Å². The van der Waals surface area contributed by atoms with Crippen molar-refractivity contribution in [3.8, 4) is 16.9 Å². The van der Waals surface area contributed by atoms with Gasteiger partial charge >= 0.3 is 0 Å². The minimum Gasteiger partial charge on any atom is -0.507 e. The van der Waals surface area contributed by atoms with E-state index in [1.165, 1.54) is 0 Å². The number of hydrogen-bond acceptors (Lipinski definition) is 3. The predicted octanol–water partition coefficient (Wildman–Crippen LogP) is 3.61. The van der Waals surface area contributed by atoms with E-state index >= 15 is 0 Å². The normalized spacial score (nSPS) is 11.8. The number of rotatable bonds is 1. The van der Waals surface area contributed by atoms with Crippen molar-refractivity contribution in [2.45, 2.75) is 0 Å². The summed E-state index contributed by atoms with van der Waals surface area (Å²) in [4.78, 5) is 4.55. The summed E-state index contributed by atoms with van der Waals surface area (Å²) in [6, 6.07) is 17.2. The van der Waals surface area contributed by atoms with Gasteiger partial charge in [0.05, 0.1) is 0 Å². The molecule has 0 bridgehead atoms. The van der Waals surface area contributed by atoms with Crippen LogP contribution in [0.15, 0.2) is 79.2 Å². The number of para-hydroxylation sites is 1. The van der Waals surface area contributed by atoms with Gasteiger partial charge in [-0.15, -0.1) is 0 Å². The van der Waals surface area contributed by atoms with Crippen molar-refractivity contribution in [2.75, 3.05) is 0 Å².